The molecule has 1 amide bonds. The van der Waals surface area contributed by atoms with Crippen LogP contribution in [0.25, 0.3) is 11.2 Å². The maximum absolute atomic E-state index is 13.4. The third-order valence-electron chi connectivity index (χ3n) is 5.89. The Morgan fingerprint density at radius 3 is 2.88 bits per heavy atom. The molecule has 174 valence electrons. The van der Waals surface area contributed by atoms with Gasteiger partial charge in [0.05, 0.1) is 37.6 Å². The van der Waals surface area contributed by atoms with Crippen molar-refractivity contribution in [2.24, 2.45) is 0 Å². The highest BCUT2D eigenvalue weighted by molar-refractivity contribution is 5.94. The van der Waals surface area contributed by atoms with Gasteiger partial charge in [-0.1, -0.05) is 0 Å². The Kier molecular flexibility index (Phi) is 5.73. The molecule has 0 aromatic carbocycles. The number of ether oxygens (including phenoxy) is 2. The molecule has 1 fully saturated rings. The summed E-state index contributed by atoms with van der Waals surface area (Å²) in [6.45, 7) is 3.70. The SMILES string of the molecule is CNc1cc2nc3c1ncn3C(=O)N[C@H](C)COCc1cc(c(=O)n(C3CCCOC3)c1)N2. The van der Waals surface area contributed by atoms with Gasteiger partial charge in [0.25, 0.3) is 5.56 Å². The van der Waals surface area contributed by atoms with E-state index in [1.807, 2.05) is 13.1 Å². The van der Waals surface area contributed by atoms with Crippen molar-refractivity contribution in [2.45, 2.75) is 38.5 Å². The molecule has 0 radical (unpaired) electrons. The minimum atomic E-state index is -0.351. The molecular weight excluding hydrogens is 426 g/mol. The van der Waals surface area contributed by atoms with E-state index >= 15 is 0 Å². The number of rotatable bonds is 2. The molecule has 33 heavy (non-hydrogen) atoms. The fraction of sp³-hybridized carbons (Fsp3) is 0.455. The van der Waals surface area contributed by atoms with Gasteiger partial charge >= 0.3 is 6.03 Å². The van der Waals surface area contributed by atoms with E-state index in [0.29, 0.717) is 54.8 Å². The summed E-state index contributed by atoms with van der Waals surface area (Å²) in [7, 11) is 1.77. The van der Waals surface area contributed by atoms with Gasteiger partial charge in [-0.15, -0.1) is 0 Å². The van der Waals surface area contributed by atoms with Gasteiger partial charge < -0.3 is 30.0 Å². The number of anilines is 3. The maximum Gasteiger partial charge on any atom is 0.328 e. The first kappa shape index (κ1) is 21.4. The number of hydrogen-bond donors (Lipinski definition) is 3. The number of imidazole rings is 1. The molecule has 11 heteroatoms. The highest BCUT2D eigenvalue weighted by atomic mass is 16.5. The molecule has 0 aliphatic carbocycles. The Balaban J connectivity index is 1.65. The summed E-state index contributed by atoms with van der Waals surface area (Å²) in [6.07, 6.45) is 5.06. The summed E-state index contributed by atoms with van der Waals surface area (Å²) in [5.74, 6) is 0.424. The van der Waals surface area contributed by atoms with Gasteiger partial charge in [0.15, 0.2) is 5.65 Å². The molecule has 2 atom stereocenters. The molecule has 3 N–H and O–H groups in total. The van der Waals surface area contributed by atoms with Crippen LogP contribution in [0.5, 0.6) is 0 Å². The average Bonchev–Trinajstić information content (AvgIpc) is 3.24. The van der Waals surface area contributed by atoms with Crippen LogP contribution in [0.15, 0.2) is 29.5 Å². The highest BCUT2D eigenvalue weighted by Crippen LogP contribution is 2.26. The Morgan fingerprint density at radius 1 is 1.21 bits per heavy atom. The third kappa shape index (κ3) is 4.16. The molecule has 3 aromatic rings. The Labute approximate surface area is 190 Å². The number of carbonyl (C=O) groups excluding carboxylic acids is 1. The lowest BCUT2D eigenvalue weighted by Gasteiger charge is -2.25. The van der Waals surface area contributed by atoms with Gasteiger partial charge in [-0.3, -0.25) is 4.79 Å². The predicted octanol–water partition coefficient (Wildman–Crippen LogP) is 2.21. The first-order valence-electron chi connectivity index (χ1n) is 11.1. The number of fused-ring (bicyclic) bond motifs is 3. The number of nitrogens with one attached hydrogen (secondary N) is 3. The minimum Gasteiger partial charge on any atom is -0.386 e. The molecule has 0 spiro atoms. The number of carbonyl (C=O) groups is 1. The van der Waals surface area contributed by atoms with E-state index in [2.05, 4.69) is 25.9 Å². The number of aromatic nitrogens is 4. The summed E-state index contributed by atoms with van der Waals surface area (Å²) in [5.41, 5.74) is 2.70. The van der Waals surface area contributed by atoms with E-state index in [0.717, 1.165) is 18.4 Å². The molecule has 2 aliphatic rings. The number of amides is 1. The van der Waals surface area contributed by atoms with E-state index in [-0.39, 0.29) is 23.7 Å². The number of hydrogen-bond acceptors (Lipinski definition) is 8. The fourth-order valence-electron chi connectivity index (χ4n) is 4.25. The molecule has 0 saturated carbocycles. The third-order valence-corrected chi connectivity index (χ3v) is 5.89. The molecule has 3 aromatic heterocycles. The number of nitrogens with zero attached hydrogens (tertiary/aromatic N) is 4. The van der Waals surface area contributed by atoms with Gasteiger partial charge in [-0.05, 0) is 31.4 Å². The first-order valence-corrected chi connectivity index (χ1v) is 11.1. The molecular formula is C22H27N7O4. The zero-order chi connectivity index (χ0) is 22.9. The minimum absolute atomic E-state index is 0.0337. The molecule has 5 rings (SSSR count). The van der Waals surface area contributed by atoms with Crippen LogP contribution in [-0.2, 0) is 16.1 Å². The van der Waals surface area contributed by atoms with Gasteiger partial charge in [0, 0.05) is 25.9 Å². The van der Waals surface area contributed by atoms with Crippen molar-refractivity contribution in [1.29, 1.82) is 0 Å². The fourth-order valence-corrected chi connectivity index (χ4v) is 4.25. The van der Waals surface area contributed by atoms with E-state index in [9.17, 15) is 9.59 Å². The van der Waals surface area contributed by atoms with Crippen LogP contribution in [0.4, 0.5) is 22.0 Å². The molecule has 4 bridgehead atoms. The Hall–Kier alpha value is -3.44. The largest absolute Gasteiger partial charge is 0.386 e. The van der Waals surface area contributed by atoms with Crippen LogP contribution in [0.3, 0.4) is 0 Å². The van der Waals surface area contributed by atoms with Crippen LogP contribution in [-0.4, -0.2) is 58.0 Å². The first-order chi connectivity index (χ1) is 16.0. The normalized spacial score (nSPS) is 21.3. The lowest BCUT2D eigenvalue weighted by atomic mass is 10.1. The summed E-state index contributed by atoms with van der Waals surface area (Å²) < 4.78 is 14.6. The van der Waals surface area contributed by atoms with Gasteiger partial charge in [-0.2, -0.15) is 0 Å². The second-order valence-electron chi connectivity index (χ2n) is 8.43. The topological polar surface area (TPSA) is 124 Å². The van der Waals surface area contributed by atoms with Crippen molar-refractivity contribution >= 4 is 34.4 Å². The highest BCUT2D eigenvalue weighted by Gasteiger charge is 2.21. The standard InChI is InChI=1S/C22H27N7O4/c1-13-9-33-10-14-6-17(21(30)28(8-14)15-4-3-5-32-11-15)26-18-7-16(23-2)19-20(27-18)29(12-24-19)22(31)25-13/h6-8,12-13,15H,3-5,9-11H2,1-2H3,(H,25,31)(H2,23,26,27)/t13-,15?/m1/s1. The molecule has 5 heterocycles. The van der Waals surface area contributed by atoms with Crippen molar-refractivity contribution < 1.29 is 14.3 Å². The monoisotopic (exact) mass is 453 g/mol. The second-order valence-corrected chi connectivity index (χ2v) is 8.43. The molecule has 1 saturated heterocycles. The van der Waals surface area contributed by atoms with Crippen LogP contribution >= 0.6 is 0 Å². The van der Waals surface area contributed by atoms with Crippen molar-refractivity contribution in [3.8, 4) is 0 Å². The van der Waals surface area contributed by atoms with Crippen molar-refractivity contribution in [3.05, 3.63) is 40.6 Å². The summed E-state index contributed by atoms with van der Waals surface area (Å²) in [4.78, 5) is 35.2. The molecule has 11 nitrogen and oxygen atoms in total. The maximum atomic E-state index is 13.4. The van der Waals surface area contributed by atoms with Gasteiger partial charge in [0.1, 0.15) is 23.3 Å². The van der Waals surface area contributed by atoms with Crippen LogP contribution in [0.1, 0.15) is 31.4 Å². The second kappa shape index (κ2) is 8.83. The van der Waals surface area contributed by atoms with Crippen molar-refractivity contribution in [1.82, 2.24) is 24.4 Å². The summed E-state index contributed by atoms with van der Waals surface area (Å²) in [5, 5.41) is 9.17. The van der Waals surface area contributed by atoms with Crippen LogP contribution < -0.4 is 21.5 Å². The predicted molar refractivity (Wildman–Crippen MR) is 123 cm³/mol. The Bertz CT molecular complexity index is 1250. The summed E-state index contributed by atoms with van der Waals surface area (Å²) >= 11 is 0. The lowest BCUT2D eigenvalue weighted by Crippen LogP contribution is -2.38. The molecule has 1 unspecified atom stereocenters. The summed E-state index contributed by atoms with van der Waals surface area (Å²) in [6, 6.07) is 2.94. The van der Waals surface area contributed by atoms with E-state index in [1.165, 1.54) is 10.9 Å². The Morgan fingerprint density at radius 2 is 2.09 bits per heavy atom. The molecule has 2 aliphatic heterocycles. The van der Waals surface area contributed by atoms with Crippen molar-refractivity contribution in [2.75, 3.05) is 37.5 Å². The van der Waals surface area contributed by atoms with E-state index in [1.54, 1.807) is 23.7 Å². The number of pyridine rings is 2. The quantitative estimate of drug-likeness (QED) is 0.540. The van der Waals surface area contributed by atoms with Crippen LogP contribution in [0.2, 0.25) is 0 Å². The van der Waals surface area contributed by atoms with E-state index in [4.69, 9.17) is 9.47 Å². The van der Waals surface area contributed by atoms with Crippen molar-refractivity contribution in [3.63, 3.8) is 0 Å². The van der Waals surface area contributed by atoms with E-state index < -0.39 is 0 Å². The zero-order valence-electron chi connectivity index (χ0n) is 18.6. The van der Waals surface area contributed by atoms with Gasteiger partial charge in [0.2, 0.25) is 0 Å². The average molecular weight is 454 g/mol. The smallest absolute Gasteiger partial charge is 0.328 e. The zero-order valence-corrected chi connectivity index (χ0v) is 18.6. The van der Waals surface area contributed by atoms with Crippen LogP contribution in [0, 0.1) is 0 Å². The lowest BCUT2D eigenvalue weighted by molar-refractivity contribution is 0.0575. The van der Waals surface area contributed by atoms with Gasteiger partial charge in [-0.25, -0.2) is 19.3 Å².